The molecule has 1 amide bonds. The summed E-state index contributed by atoms with van der Waals surface area (Å²) in [5, 5.41) is 3.23. The molecule has 0 aromatic carbocycles. The molecular formula is C23H21F3N6O. The van der Waals surface area contributed by atoms with E-state index in [2.05, 4.69) is 25.3 Å². The molecule has 3 aromatic rings. The summed E-state index contributed by atoms with van der Waals surface area (Å²) >= 11 is 0. The summed E-state index contributed by atoms with van der Waals surface area (Å²) < 4.78 is 38.4. The van der Waals surface area contributed by atoms with E-state index in [4.69, 9.17) is 0 Å². The van der Waals surface area contributed by atoms with E-state index in [1.165, 1.54) is 6.07 Å². The highest BCUT2D eigenvalue weighted by molar-refractivity contribution is 5.98. The minimum absolute atomic E-state index is 0.0979. The number of hydrogen-bond acceptors (Lipinski definition) is 6. The first-order valence-electron chi connectivity index (χ1n) is 10.6. The van der Waals surface area contributed by atoms with Crippen LogP contribution < -0.4 is 5.32 Å². The Labute approximate surface area is 188 Å². The molecule has 10 heteroatoms. The van der Waals surface area contributed by atoms with Crippen LogP contribution in [0.1, 0.15) is 34.5 Å². The lowest BCUT2D eigenvalue weighted by Gasteiger charge is -2.34. The van der Waals surface area contributed by atoms with E-state index >= 15 is 0 Å². The number of halogens is 3. The fraction of sp³-hybridized carbons (Fsp3) is 0.348. The number of nitrogens with zero attached hydrogens (tertiary/aromatic N) is 5. The molecule has 1 aliphatic heterocycles. The van der Waals surface area contributed by atoms with E-state index in [1.54, 1.807) is 29.6 Å². The molecule has 1 aliphatic carbocycles. The maximum atomic E-state index is 13.5. The largest absolute Gasteiger partial charge is 0.417 e. The maximum Gasteiger partial charge on any atom is 0.417 e. The number of carbonyl (C=O) groups excluding carboxylic acids is 1. The first kappa shape index (κ1) is 21.3. The molecule has 3 aromatic heterocycles. The normalized spacial score (nSPS) is 21.9. The van der Waals surface area contributed by atoms with Gasteiger partial charge in [0.25, 0.3) is 5.91 Å². The molecule has 0 spiro atoms. The number of likely N-dealkylation sites (tertiary alicyclic amines) is 1. The van der Waals surface area contributed by atoms with Gasteiger partial charge in [0, 0.05) is 37.4 Å². The summed E-state index contributed by atoms with van der Waals surface area (Å²) in [6.45, 7) is 2.51. The minimum Gasteiger partial charge on any atom is -0.365 e. The number of alkyl halides is 3. The summed E-state index contributed by atoms with van der Waals surface area (Å²) in [5.74, 6) is 0.912. The van der Waals surface area contributed by atoms with E-state index in [0.29, 0.717) is 35.4 Å². The van der Waals surface area contributed by atoms with Gasteiger partial charge < -0.3 is 10.2 Å². The minimum atomic E-state index is -4.43. The lowest BCUT2D eigenvalue weighted by Crippen LogP contribution is -2.48. The van der Waals surface area contributed by atoms with Crippen LogP contribution in [0.4, 0.5) is 19.0 Å². The van der Waals surface area contributed by atoms with Crippen LogP contribution in [-0.2, 0) is 6.18 Å². The first-order chi connectivity index (χ1) is 15.8. The molecule has 1 saturated heterocycles. The summed E-state index contributed by atoms with van der Waals surface area (Å²) in [5.41, 5.74) is 0.979. The number of carbonyl (C=O) groups is 1. The zero-order valence-corrected chi connectivity index (χ0v) is 17.8. The van der Waals surface area contributed by atoms with Crippen LogP contribution in [0.25, 0.3) is 11.4 Å². The highest BCUT2D eigenvalue weighted by atomic mass is 19.4. The molecular weight excluding hydrogens is 433 g/mol. The van der Waals surface area contributed by atoms with Crippen molar-refractivity contribution < 1.29 is 18.0 Å². The summed E-state index contributed by atoms with van der Waals surface area (Å²) in [4.78, 5) is 32.2. The van der Waals surface area contributed by atoms with Crippen LogP contribution in [0.3, 0.4) is 0 Å². The van der Waals surface area contributed by atoms with Gasteiger partial charge in [-0.2, -0.15) is 13.2 Å². The Kier molecular flexibility index (Phi) is 5.22. The number of anilines is 1. The summed E-state index contributed by atoms with van der Waals surface area (Å²) in [6.07, 6.45) is 2.93. The van der Waals surface area contributed by atoms with Crippen molar-refractivity contribution in [3.8, 4) is 11.4 Å². The van der Waals surface area contributed by atoms with E-state index in [-0.39, 0.29) is 18.0 Å². The van der Waals surface area contributed by atoms with Gasteiger partial charge in [-0.15, -0.1) is 0 Å². The van der Waals surface area contributed by atoms with Gasteiger partial charge in [-0.05, 0) is 55.5 Å². The molecule has 1 N–H and O–H groups in total. The number of hydrogen-bond donors (Lipinski definition) is 1. The van der Waals surface area contributed by atoms with E-state index < -0.39 is 11.7 Å². The Bertz CT molecular complexity index is 1170. The predicted octanol–water partition coefficient (Wildman–Crippen LogP) is 3.98. The molecule has 5 rings (SSSR count). The third kappa shape index (κ3) is 4.12. The number of nitrogens with one attached hydrogen (secondary N) is 1. The monoisotopic (exact) mass is 454 g/mol. The van der Waals surface area contributed by atoms with Gasteiger partial charge in [-0.3, -0.25) is 9.78 Å². The van der Waals surface area contributed by atoms with Crippen LogP contribution in [0.2, 0.25) is 0 Å². The van der Waals surface area contributed by atoms with Crippen molar-refractivity contribution in [3.63, 3.8) is 0 Å². The third-order valence-corrected chi connectivity index (χ3v) is 6.20. The second kappa shape index (κ2) is 8.09. The fourth-order valence-electron chi connectivity index (χ4n) is 4.74. The van der Waals surface area contributed by atoms with Gasteiger partial charge in [0.15, 0.2) is 5.82 Å². The molecule has 170 valence electrons. The van der Waals surface area contributed by atoms with Gasteiger partial charge in [-0.25, -0.2) is 15.0 Å². The SMILES string of the molecule is Cc1cnc(C(=O)N2C[C@@H]3C[C@@H](Nc4ccc(C(F)(F)F)cn4)[C@@H]2C3)c(-c2ncccn2)c1. The van der Waals surface area contributed by atoms with E-state index in [9.17, 15) is 18.0 Å². The topological polar surface area (TPSA) is 83.9 Å². The number of aromatic nitrogens is 4. The van der Waals surface area contributed by atoms with Crippen LogP contribution in [0, 0.1) is 12.8 Å². The average Bonchev–Trinajstić information content (AvgIpc) is 3.40. The van der Waals surface area contributed by atoms with Gasteiger partial charge in [0.2, 0.25) is 0 Å². The van der Waals surface area contributed by atoms with E-state index in [1.807, 2.05) is 13.0 Å². The number of aryl methyl sites for hydroxylation is 1. The number of fused-ring (bicyclic) bond motifs is 2. The Morgan fingerprint density at radius 2 is 1.88 bits per heavy atom. The van der Waals surface area contributed by atoms with Crippen molar-refractivity contribution in [3.05, 3.63) is 65.9 Å². The second-order valence-electron chi connectivity index (χ2n) is 8.52. The van der Waals surface area contributed by atoms with Crippen LogP contribution in [-0.4, -0.2) is 49.4 Å². The van der Waals surface area contributed by atoms with Crippen molar-refractivity contribution in [1.29, 1.82) is 0 Å². The van der Waals surface area contributed by atoms with Crippen molar-refractivity contribution in [2.45, 2.75) is 38.0 Å². The van der Waals surface area contributed by atoms with Gasteiger partial charge in [0.05, 0.1) is 17.2 Å². The van der Waals surface area contributed by atoms with Crippen LogP contribution >= 0.6 is 0 Å². The number of piperidine rings is 1. The fourth-order valence-corrected chi connectivity index (χ4v) is 4.74. The summed E-state index contributed by atoms with van der Waals surface area (Å²) in [7, 11) is 0. The van der Waals surface area contributed by atoms with Gasteiger partial charge in [-0.1, -0.05) is 0 Å². The van der Waals surface area contributed by atoms with Crippen LogP contribution in [0.5, 0.6) is 0 Å². The molecule has 0 radical (unpaired) electrons. The lowest BCUT2D eigenvalue weighted by atomic mass is 10.0. The molecule has 3 atom stereocenters. The standard InChI is InChI=1S/C23H21F3N6O/c1-13-7-16(21-27-5-2-6-28-21)20(30-10-13)22(33)32-12-14-8-17(18(32)9-14)31-19-4-3-15(11-29-19)23(24,25)26/h2-7,10-11,14,17-18H,8-9,12H2,1H3,(H,29,31)/t14-,17-,18+/m1/s1. The molecule has 2 fully saturated rings. The molecule has 2 bridgehead atoms. The molecule has 7 nitrogen and oxygen atoms in total. The molecule has 0 unspecified atom stereocenters. The zero-order valence-electron chi connectivity index (χ0n) is 17.8. The first-order valence-corrected chi connectivity index (χ1v) is 10.6. The van der Waals surface area contributed by atoms with Crippen molar-refractivity contribution in [2.75, 3.05) is 11.9 Å². The predicted molar refractivity (Wildman–Crippen MR) is 114 cm³/mol. The number of amides is 1. The number of pyridine rings is 2. The smallest absolute Gasteiger partial charge is 0.365 e. The quantitative estimate of drug-likeness (QED) is 0.642. The molecule has 33 heavy (non-hydrogen) atoms. The molecule has 1 saturated carbocycles. The Morgan fingerprint density at radius 1 is 1.09 bits per heavy atom. The highest BCUT2D eigenvalue weighted by Crippen LogP contribution is 2.40. The Hall–Kier alpha value is -3.56. The van der Waals surface area contributed by atoms with Crippen molar-refractivity contribution in [2.24, 2.45) is 5.92 Å². The second-order valence-corrected chi connectivity index (χ2v) is 8.52. The van der Waals surface area contributed by atoms with Crippen molar-refractivity contribution in [1.82, 2.24) is 24.8 Å². The molecule has 4 heterocycles. The van der Waals surface area contributed by atoms with Gasteiger partial charge >= 0.3 is 6.18 Å². The third-order valence-electron chi connectivity index (χ3n) is 6.20. The maximum absolute atomic E-state index is 13.5. The summed E-state index contributed by atoms with van der Waals surface area (Å²) in [6, 6.07) is 5.70. The molecule has 2 aliphatic rings. The lowest BCUT2D eigenvalue weighted by molar-refractivity contribution is -0.137. The van der Waals surface area contributed by atoms with E-state index in [0.717, 1.165) is 30.7 Å². The average molecular weight is 454 g/mol. The van der Waals surface area contributed by atoms with Crippen molar-refractivity contribution >= 4 is 11.7 Å². The Balaban J connectivity index is 1.37. The number of rotatable bonds is 4. The van der Waals surface area contributed by atoms with Crippen LogP contribution in [0.15, 0.2) is 49.1 Å². The zero-order chi connectivity index (χ0) is 23.2. The van der Waals surface area contributed by atoms with Gasteiger partial charge in [0.1, 0.15) is 11.5 Å². The Morgan fingerprint density at radius 3 is 2.55 bits per heavy atom. The highest BCUT2D eigenvalue weighted by Gasteiger charge is 2.47.